The summed E-state index contributed by atoms with van der Waals surface area (Å²) in [6, 6.07) is 0. The van der Waals surface area contributed by atoms with Crippen molar-refractivity contribution >= 4 is 5.91 Å². The van der Waals surface area contributed by atoms with Crippen LogP contribution in [-0.2, 0) is 9.53 Å². The van der Waals surface area contributed by atoms with E-state index < -0.39 is 0 Å². The molecule has 1 rings (SSSR count). The van der Waals surface area contributed by atoms with Gasteiger partial charge in [0.25, 0.3) is 0 Å². The normalized spacial score (nSPS) is 19.2. The van der Waals surface area contributed by atoms with E-state index in [4.69, 9.17) is 4.74 Å². The van der Waals surface area contributed by atoms with Crippen LogP contribution >= 0.6 is 0 Å². The Kier molecular flexibility index (Phi) is 3.91. The number of rotatable bonds is 1. The van der Waals surface area contributed by atoms with Crippen molar-refractivity contribution in [2.75, 3.05) is 26.3 Å². The lowest BCUT2D eigenvalue weighted by Crippen LogP contribution is -2.41. The van der Waals surface area contributed by atoms with E-state index in [1.807, 2.05) is 17.9 Å². The fourth-order valence-electron chi connectivity index (χ4n) is 1.73. The minimum absolute atomic E-state index is 0.0615. The molecule has 0 aromatic rings. The van der Waals surface area contributed by atoms with Gasteiger partial charge in [-0.25, -0.2) is 0 Å². The van der Waals surface area contributed by atoms with Crippen LogP contribution in [-0.4, -0.2) is 37.1 Å². The second-order valence-corrected chi connectivity index (χ2v) is 5.10. The van der Waals surface area contributed by atoms with Crippen LogP contribution in [0.4, 0.5) is 0 Å². The van der Waals surface area contributed by atoms with Crippen molar-refractivity contribution in [3.05, 3.63) is 11.6 Å². The van der Waals surface area contributed by atoms with Crippen molar-refractivity contribution in [2.24, 2.45) is 5.41 Å². The quantitative estimate of drug-likeness (QED) is 0.619. The number of morpholine rings is 1. The summed E-state index contributed by atoms with van der Waals surface area (Å²) < 4.78 is 5.22. The largest absolute Gasteiger partial charge is 0.378 e. The van der Waals surface area contributed by atoms with Gasteiger partial charge in [0.15, 0.2) is 0 Å². The summed E-state index contributed by atoms with van der Waals surface area (Å²) in [5.74, 6) is 0.147. The van der Waals surface area contributed by atoms with Crippen LogP contribution < -0.4 is 0 Å². The molecule has 0 saturated carbocycles. The summed E-state index contributed by atoms with van der Waals surface area (Å²) in [4.78, 5) is 13.8. The lowest BCUT2D eigenvalue weighted by atomic mass is 9.93. The maximum atomic E-state index is 12.0. The molecule has 0 unspecified atom stereocenters. The number of carbonyl (C=O) groups excluding carboxylic acids is 1. The molecule has 0 aliphatic carbocycles. The number of allylic oxidation sites excluding steroid dienone is 1. The summed E-state index contributed by atoms with van der Waals surface area (Å²) in [5.41, 5.74) is 0.899. The molecule has 3 nitrogen and oxygen atoms in total. The van der Waals surface area contributed by atoms with E-state index in [1.54, 1.807) is 0 Å². The molecule has 0 bridgehead atoms. The molecule has 0 atom stereocenters. The summed E-state index contributed by atoms with van der Waals surface area (Å²) in [6.07, 6.45) is 2.03. The molecule has 15 heavy (non-hydrogen) atoms. The topological polar surface area (TPSA) is 29.5 Å². The molecule has 86 valence electrons. The summed E-state index contributed by atoms with van der Waals surface area (Å²) in [6.45, 7) is 10.9. The Hall–Kier alpha value is -0.830. The number of ether oxygens (including phenoxy) is 1. The van der Waals surface area contributed by atoms with Crippen molar-refractivity contribution in [3.63, 3.8) is 0 Å². The molecule has 1 aliphatic rings. The number of hydrogen-bond acceptors (Lipinski definition) is 2. The Labute approximate surface area is 92.1 Å². The van der Waals surface area contributed by atoms with E-state index in [0.29, 0.717) is 26.3 Å². The standard InChI is InChI=1S/C12H21NO2/c1-10(9-12(2,3)4)11(14)13-5-7-15-8-6-13/h9H,5-8H2,1-4H3. The number of carbonyl (C=O) groups is 1. The first-order valence-corrected chi connectivity index (χ1v) is 5.46. The number of amides is 1. The molecule has 0 spiro atoms. The lowest BCUT2D eigenvalue weighted by molar-refractivity contribution is -0.131. The number of nitrogens with zero attached hydrogens (tertiary/aromatic N) is 1. The third kappa shape index (κ3) is 4.04. The molecule has 1 aliphatic heterocycles. The zero-order chi connectivity index (χ0) is 11.5. The molecule has 1 amide bonds. The Balaban J connectivity index is 2.63. The van der Waals surface area contributed by atoms with Gasteiger partial charge in [0.05, 0.1) is 13.2 Å². The van der Waals surface area contributed by atoms with Crippen LogP contribution in [0.5, 0.6) is 0 Å². The van der Waals surface area contributed by atoms with Gasteiger partial charge in [0.2, 0.25) is 5.91 Å². The van der Waals surface area contributed by atoms with Gasteiger partial charge in [-0.15, -0.1) is 0 Å². The summed E-state index contributed by atoms with van der Waals surface area (Å²) in [7, 11) is 0. The zero-order valence-corrected chi connectivity index (χ0v) is 10.2. The predicted octanol–water partition coefficient (Wildman–Crippen LogP) is 1.84. The number of hydrogen-bond donors (Lipinski definition) is 0. The van der Waals surface area contributed by atoms with Gasteiger partial charge in [-0.1, -0.05) is 26.8 Å². The van der Waals surface area contributed by atoms with E-state index in [2.05, 4.69) is 20.8 Å². The minimum atomic E-state index is 0.0615. The smallest absolute Gasteiger partial charge is 0.249 e. The maximum absolute atomic E-state index is 12.0. The Morgan fingerprint density at radius 1 is 1.27 bits per heavy atom. The molecule has 0 aromatic carbocycles. The highest BCUT2D eigenvalue weighted by Gasteiger charge is 2.19. The van der Waals surface area contributed by atoms with Crippen LogP contribution in [0.3, 0.4) is 0 Å². The minimum Gasteiger partial charge on any atom is -0.378 e. The third-order valence-corrected chi connectivity index (χ3v) is 2.29. The average Bonchev–Trinajstić information content (AvgIpc) is 2.15. The molecular formula is C12H21NO2. The van der Waals surface area contributed by atoms with Crippen LogP contribution in [0, 0.1) is 5.41 Å². The van der Waals surface area contributed by atoms with E-state index in [-0.39, 0.29) is 11.3 Å². The summed E-state index contributed by atoms with van der Waals surface area (Å²) in [5, 5.41) is 0. The van der Waals surface area contributed by atoms with Crippen molar-refractivity contribution in [1.29, 1.82) is 0 Å². The van der Waals surface area contributed by atoms with Crippen molar-refractivity contribution < 1.29 is 9.53 Å². The third-order valence-electron chi connectivity index (χ3n) is 2.29. The average molecular weight is 211 g/mol. The highest BCUT2D eigenvalue weighted by atomic mass is 16.5. The van der Waals surface area contributed by atoms with Gasteiger partial charge < -0.3 is 9.64 Å². The molecule has 0 N–H and O–H groups in total. The molecule has 1 heterocycles. The van der Waals surface area contributed by atoms with Gasteiger partial charge in [0, 0.05) is 18.7 Å². The van der Waals surface area contributed by atoms with Gasteiger partial charge in [0.1, 0.15) is 0 Å². The Bertz CT molecular complexity index is 257. The van der Waals surface area contributed by atoms with Crippen LogP contribution in [0.25, 0.3) is 0 Å². The van der Waals surface area contributed by atoms with Crippen LogP contribution in [0.15, 0.2) is 11.6 Å². The molecule has 0 aromatic heterocycles. The van der Waals surface area contributed by atoms with Gasteiger partial charge in [-0.2, -0.15) is 0 Å². The Morgan fingerprint density at radius 2 is 1.80 bits per heavy atom. The first-order chi connectivity index (χ1) is 6.90. The van der Waals surface area contributed by atoms with Crippen LogP contribution in [0.1, 0.15) is 27.7 Å². The fourth-order valence-corrected chi connectivity index (χ4v) is 1.73. The van der Waals surface area contributed by atoms with Gasteiger partial charge in [-0.3, -0.25) is 4.79 Å². The van der Waals surface area contributed by atoms with Crippen molar-refractivity contribution in [2.45, 2.75) is 27.7 Å². The molecule has 1 fully saturated rings. The fraction of sp³-hybridized carbons (Fsp3) is 0.750. The van der Waals surface area contributed by atoms with E-state index in [1.165, 1.54) is 0 Å². The van der Waals surface area contributed by atoms with Crippen molar-refractivity contribution in [3.8, 4) is 0 Å². The first kappa shape index (κ1) is 12.2. The second kappa shape index (κ2) is 4.79. The van der Waals surface area contributed by atoms with Gasteiger partial charge in [-0.05, 0) is 12.3 Å². The first-order valence-electron chi connectivity index (χ1n) is 5.46. The Morgan fingerprint density at radius 3 is 2.27 bits per heavy atom. The highest BCUT2D eigenvalue weighted by Crippen LogP contribution is 2.18. The predicted molar refractivity (Wildman–Crippen MR) is 60.6 cm³/mol. The highest BCUT2D eigenvalue weighted by molar-refractivity contribution is 5.93. The zero-order valence-electron chi connectivity index (χ0n) is 10.2. The monoisotopic (exact) mass is 211 g/mol. The molecule has 3 heteroatoms. The van der Waals surface area contributed by atoms with Crippen molar-refractivity contribution in [1.82, 2.24) is 4.90 Å². The summed E-state index contributed by atoms with van der Waals surface area (Å²) >= 11 is 0. The van der Waals surface area contributed by atoms with Gasteiger partial charge >= 0.3 is 0 Å². The van der Waals surface area contributed by atoms with Crippen LogP contribution in [0.2, 0.25) is 0 Å². The lowest BCUT2D eigenvalue weighted by Gasteiger charge is -2.27. The molecule has 1 saturated heterocycles. The van der Waals surface area contributed by atoms with E-state index in [9.17, 15) is 4.79 Å². The maximum Gasteiger partial charge on any atom is 0.249 e. The molecule has 0 radical (unpaired) electrons. The molecular weight excluding hydrogens is 190 g/mol. The van der Waals surface area contributed by atoms with E-state index >= 15 is 0 Å². The SMILES string of the molecule is CC(=CC(C)(C)C)C(=O)N1CCOCC1. The van der Waals surface area contributed by atoms with E-state index in [0.717, 1.165) is 5.57 Å². The second-order valence-electron chi connectivity index (χ2n) is 5.10.